The van der Waals surface area contributed by atoms with Crippen LogP contribution in [0, 0.1) is 11.8 Å². The van der Waals surface area contributed by atoms with E-state index in [4.69, 9.17) is 9.47 Å². The van der Waals surface area contributed by atoms with Crippen molar-refractivity contribution in [3.63, 3.8) is 0 Å². The fourth-order valence-corrected chi connectivity index (χ4v) is 5.24. The van der Waals surface area contributed by atoms with Gasteiger partial charge in [-0.3, -0.25) is 4.79 Å². The van der Waals surface area contributed by atoms with Gasteiger partial charge in [-0.1, -0.05) is 84.9 Å². The van der Waals surface area contributed by atoms with Gasteiger partial charge in [-0.25, -0.2) is 4.79 Å². The quantitative estimate of drug-likeness (QED) is 0.345. The number of aliphatic hydroxyl groups excluding tert-OH is 1. The maximum atomic E-state index is 13.0. The third-order valence-electron chi connectivity index (χ3n) is 7.16. The summed E-state index contributed by atoms with van der Waals surface area (Å²) >= 11 is 0. The number of carbonyl (C=O) groups is 2. The molecule has 0 unspecified atom stereocenters. The molecule has 1 saturated carbocycles. The average Bonchev–Trinajstić information content (AvgIpc) is 3.42. The minimum Gasteiger partial charge on any atom is -0.462 e. The summed E-state index contributed by atoms with van der Waals surface area (Å²) in [6, 6.07) is 27.4. The van der Waals surface area contributed by atoms with Crippen LogP contribution in [0.3, 0.4) is 0 Å². The summed E-state index contributed by atoms with van der Waals surface area (Å²) in [4.78, 5) is 24.9. The number of aryl methyl sites for hydroxylation is 1. The summed E-state index contributed by atoms with van der Waals surface area (Å²) in [7, 11) is 0. The molecule has 0 spiro atoms. The molecule has 1 aliphatic carbocycles. The van der Waals surface area contributed by atoms with Crippen molar-refractivity contribution in [3.8, 4) is 11.1 Å². The smallest absolute Gasteiger partial charge is 0.338 e. The molecule has 3 aromatic rings. The van der Waals surface area contributed by atoms with Crippen molar-refractivity contribution in [2.45, 2.75) is 44.0 Å². The molecule has 1 aliphatic heterocycles. The monoisotopic (exact) mass is 482 g/mol. The minimum absolute atomic E-state index is 0.0478. The van der Waals surface area contributed by atoms with Gasteiger partial charge >= 0.3 is 11.9 Å². The standard InChI is InChI=1S/C31H30O5/c32-25(16-11-21-7-3-1-4-8-21)17-18-26-27-19-30(33)35-29(27)20-28(26)36-31(34)24-14-12-23(13-15-24)22-9-5-2-6-10-22/h1-10,12-15,17-18,25-29,32H,11,16,19-20H2/b18-17+/t25-,26-,27+,28+,29-/m0/s1. The van der Waals surface area contributed by atoms with Crippen LogP contribution in [0.5, 0.6) is 0 Å². The first-order valence-corrected chi connectivity index (χ1v) is 12.5. The van der Waals surface area contributed by atoms with E-state index in [0.717, 1.165) is 17.5 Å². The zero-order valence-electron chi connectivity index (χ0n) is 20.0. The number of carbonyl (C=O) groups excluding carboxylic acids is 2. The molecule has 1 N–H and O–H groups in total. The van der Waals surface area contributed by atoms with Crippen LogP contribution in [0.4, 0.5) is 0 Å². The predicted octanol–water partition coefficient (Wildman–Crippen LogP) is 5.38. The molecule has 0 radical (unpaired) electrons. The second-order valence-corrected chi connectivity index (χ2v) is 9.57. The van der Waals surface area contributed by atoms with E-state index < -0.39 is 18.2 Å². The maximum absolute atomic E-state index is 13.0. The first kappa shape index (κ1) is 24.0. The number of hydrogen-bond donors (Lipinski definition) is 1. The van der Waals surface area contributed by atoms with Gasteiger partial charge in [0.15, 0.2) is 0 Å². The van der Waals surface area contributed by atoms with Crippen molar-refractivity contribution in [2.24, 2.45) is 11.8 Å². The lowest BCUT2D eigenvalue weighted by Crippen LogP contribution is -2.25. The number of fused-ring (bicyclic) bond motifs is 1. The molecule has 0 amide bonds. The Morgan fingerprint density at radius 2 is 1.64 bits per heavy atom. The van der Waals surface area contributed by atoms with Gasteiger partial charge in [0.1, 0.15) is 12.2 Å². The molecule has 2 aliphatic rings. The molecule has 3 aromatic carbocycles. The van der Waals surface area contributed by atoms with E-state index in [1.54, 1.807) is 18.2 Å². The molecule has 5 atom stereocenters. The highest BCUT2D eigenvalue weighted by molar-refractivity contribution is 5.90. The van der Waals surface area contributed by atoms with E-state index in [0.29, 0.717) is 24.8 Å². The highest BCUT2D eigenvalue weighted by Crippen LogP contribution is 2.43. The first-order chi connectivity index (χ1) is 17.6. The molecule has 5 nitrogen and oxygen atoms in total. The fraction of sp³-hybridized carbons (Fsp3) is 0.290. The Morgan fingerprint density at radius 1 is 0.972 bits per heavy atom. The lowest BCUT2D eigenvalue weighted by Gasteiger charge is -2.20. The number of ether oxygens (including phenoxy) is 2. The second kappa shape index (κ2) is 10.9. The van der Waals surface area contributed by atoms with Crippen molar-refractivity contribution >= 4 is 11.9 Å². The van der Waals surface area contributed by atoms with Crippen LogP contribution in [0.25, 0.3) is 11.1 Å². The van der Waals surface area contributed by atoms with Crippen molar-refractivity contribution in [3.05, 3.63) is 108 Å². The van der Waals surface area contributed by atoms with Crippen LogP contribution in [-0.4, -0.2) is 35.4 Å². The minimum atomic E-state index is -0.621. The van der Waals surface area contributed by atoms with Crippen LogP contribution in [0.1, 0.15) is 35.2 Å². The summed E-state index contributed by atoms with van der Waals surface area (Å²) in [6.07, 6.45) is 4.53. The van der Waals surface area contributed by atoms with Crippen LogP contribution >= 0.6 is 0 Å². The molecule has 0 aromatic heterocycles. The summed E-state index contributed by atoms with van der Waals surface area (Å²) in [5.41, 5.74) is 3.76. The van der Waals surface area contributed by atoms with Gasteiger partial charge in [0.05, 0.1) is 18.1 Å². The Morgan fingerprint density at radius 3 is 2.36 bits per heavy atom. The van der Waals surface area contributed by atoms with E-state index >= 15 is 0 Å². The molecular formula is C31H30O5. The van der Waals surface area contributed by atoms with E-state index in [-0.39, 0.29) is 23.9 Å². The lowest BCUT2D eigenvalue weighted by atomic mass is 9.91. The Balaban J connectivity index is 1.24. The number of aliphatic hydroxyl groups is 1. The fourth-order valence-electron chi connectivity index (χ4n) is 5.24. The number of hydrogen-bond acceptors (Lipinski definition) is 5. The van der Waals surface area contributed by atoms with Crippen molar-refractivity contribution in [1.29, 1.82) is 0 Å². The third-order valence-corrected chi connectivity index (χ3v) is 7.16. The van der Waals surface area contributed by atoms with Crippen LogP contribution in [0.2, 0.25) is 0 Å². The van der Waals surface area contributed by atoms with Crippen molar-refractivity contribution in [1.82, 2.24) is 0 Å². The lowest BCUT2D eigenvalue weighted by molar-refractivity contribution is -0.141. The Kier molecular flexibility index (Phi) is 7.28. The Hall–Kier alpha value is -3.70. The van der Waals surface area contributed by atoms with Crippen LogP contribution < -0.4 is 0 Å². The molecule has 5 rings (SSSR count). The average molecular weight is 483 g/mol. The highest BCUT2D eigenvalue weighted by Gasteiger charge is 2.50. The highest BCUT2D eigenvalue weighted by atomic mass is 16.6. The van der Waals surface area contributed by atoms with Gasteiger partial charge in [0.25, 0.3) is 0 Å². The van der Waals surface area contributed by atoms with E-state index in [2.05, 4.69) is 0 Å². The van der Waals surface area contributed by atoms with Crippen molar-refractivity contribution < 1.29 is 24.2 Å². The topological polar surface area (TPSA) is 72.8 Å². The SMILES string of the molecule is O=C1C[C@@H]2[C@H](/C=C/[C@@H](O)CCc3ccccc3)[C@H](OC(=O)c3ccc(-c4ccccc4)cc3)C[C@@H]2O1. The van der Waals surface area contributed by atoms with Gasteiger partial charge in [0, 0.05) is 18.3 Å². The number of benzene rings is 3. The maximum Gasteiger partial charge on any atom is 0.338 e. The molecule has 1 heterocycles. The van der Waals surface area contributed by atoms with Crippen LogP contribution in [0.15, 0.2) is 97.1 Å². The summed E-state index contributed by atoms with van der Waals surface area (Å²) in [5, 5.41) is 10.5. The van der Waals surface area contributed by atoms with Gasteiger partial charge in [-0.05, 0) is 41.7 Å². The Bertz CT molecular complexity index is 1200. The zero-order chi connectivity index (χ0) is 24.9. The Labute approximate surface area is 211 Å². The van der Waals surface area contributed by atoms with Gasteiger partial charge < -0.3 is 14.6 Å². The van der Waals surface area contributed by atoms with Gasteiger partial charge in [0.2, 0.25) is 0 Å². The molecule has 36 heavy (non-hydrogen) atoms. The third kappa shape index (κ3) is 5.58. The predicted molar refractivity (Wildman–Crippen MR) is 137 cm³/mol. The van der Waals surface area contributed by atoms with E-state index in [9.17, 15) is 14.7 Å². The second-order valence-electron chi connectivity index (χ2n) is 9.57. The summed E-state index contributed by atoms with van der Waals surface area (Å²) in [5.74, 6) is -0.836. The van der Waals surface area contributed by atoms with E-state index in [1.165, 1.54) is 5.56 Å². The summed E-state index contributed by atoms with van der Waals surface area (Å²) < 4.78 is 11.4. The summed E-state index contributed by atoms with van der Waals surface area (Å²) in [6.45, 7) is 0. The molecule has 1 saturated heterocycles. The molecular weight excluding hydrogens is 452 g/mol. The van der Waals surface area contributed by atoms with Gasteiger partial charge in [-0.2, -0.15) is 0 Å². The first-order valence-electron chi connectivity index (χ1n) is 12.5. The van der Waals surface area contributed by atoms with Gasteiger partial charge in [-0.15, -0.1) is 0 Å². The molecule has 0 bridgehead atoms. The molecule has 184 valence electrons. The zero-order valence-corrected chi connectivity index (χ0v) is 20.0. The largest absolute Gasteiger partial charge is 0.462 e. The van der Waals surface area contributed by atoms with Crippen LogP contribution in [-0.2, 0) is 20.7 Å². The molecule has 5 heteroatoms. The molecule has 2 fully saturated rings. The number of esters is 2. The van der Waals surface area contributed by atoms with E-state index in [1.807, 2.05) is 78.9 Å². The normalized spacial score (nSPS) is 23.9. The number of rotatable bonds is 8. The van der Waals surface area contributed by atoms with Crippen molar-refractivity contribution in [2.75, 3.05) is 0 Å².